The van der Waals surface area contributed by atoms with Crippen molar-refractivity contribution in [3.05, 3.63) is 54.1 Å². The van der Waals surface area contributed by atoms with E-state index in [2.05, 4.69) is 22.5 Å². The van der Waals surface area contributed by atoms with Crippen LogP contribution in [-0.2, 0) is 7.05 Å². The summed E-state index contributed by atoms with van der Waals surface area (Å²) in [7, 11) is 3.87. The lowest BCUT2D eigenvalue weighted by molar-refractivity contribution is 0.458. The summed E-state index contributed by atoms with van der Waals surface area (Å²) in [6, 6.07) is 12.0. The molecule has 0 spiro atoms. The molecule has 4 heteroatoms. The molecular weight excluding hydrogens is 226 g/mol. The predicted molar refractivity (Wildman–Crippen MR) is 70.3 cm³/mol. The zero-order valence-corrected chi connectivity index (χ0v) is 10.4. The summed E-state index contributed by atoms with van der Waals surface area (Å²) in [5.74, 6) is 0.876. The van der Waals surface area contributed by atoms with Crippen molar-refractivity contribution in [3.8, 4) is 0 Å². The van der Waals surface area contributed by atoms with Gasteiger partial charge in [0.15, 0.2) is 0 Å². The van der Waals surface area contributed by atoms with Gasteiger partial charge in [-0.05, 0) is 25.2 Å². The van der Waals surface area contributed by atoms with Gasteiger partial charge in [-0.2, -0.15) is 5.10 Å². The highest BCUT2D eigenvalue weighted by molar-refractivity contribution is 5.82. The fraction of sp³-hybridized carbons (Fsp3) is 0.214. The number of benzene rings is 1. The molecule has 0 saturated heterocycles. The molecule has 0 fully saturated rings. The summed E-state index contributed by atoms with van der Waals surface area (Å²) in [6.07, 6.45) is 1.69. The Morgan fingerprint density at radius 1 is 1.22 bits per heavy atom. The van der Waals surface area contributed by atoms with E-state index in [0.717, 1.165) is 22.4 Å². The number of aryl methyl sites for hydroxylation is 1. The number of aromatic nitrogens is 2. The second kappa shape index (κ2) is 4.31. The normalized spacial score (nSPS) is 13.0. The molecule has 0 aliphatic carbocycles. The zero-order valence-electron chi connectivity index (χ0n) is 10.4. The van der Waals surface area contributed by atoms with E-state index in [4.69, 9.17) is 4.42 Å². The molecule has 2 aromatic heterocycles. The molecule has 3 rings (SSSR count). The van der Waals surface area contributed by atoms with Crippen LogP contribution in [0.15, 0.2) is 47.1 Å². The highest BCUT2D eigenvalue weighted by Crippen LogP contribution is 2.27. The standard InChI is InChI=1S/C14H15N3O/c1-15-14(12-8-5-9-18-12)13-10-6-3-4-7-11(10)17(2)16-13/h3-9,14-15H,1-2H3. The van der Waals surface area contributed by atoms with Gasteiger partial charge in [-0.15, -0.1) is 0 Å². The van der Waals surface area contributed by atoms with E-state index < -0.39 is 0 Å². The zero-order chi connectivity index (χ0) is 12.5. The van der Waals surface area contributed by atoms with Crippen LogP contribution in [0.1, 0.15) is 17.5 Å². The molecule has 1 unspecified atom stereocenters. The number of hydrogen-bond acceptors (Lipinski definition) is 3. The first kappa shape index (κ1) is 11.0. The van der Waals surface area contributed by atoms with E-state index in [1.165, 1.54) is 0 Å². The summed E-state index contributed by atoms with van der Waals surface area (Å²) in [5, 5.41) is 9.02. The Balaban J connectivity index is 2.19. The number of nitrogens with one attached hydrogen (secondary N) is 1. The second-order valence-corrected chi connectivity index (χ2v) is 4.26. The van der Waals surface area contributed by atoms with Gasteiger partial charge in [0.2, 0.25) is 0 Å². The van der Waals surface area contributed by atoms with Gasteiger partial charge in [0, 0.05) is 12.4 Å². The Morgan fingerprint density at radius 2 is 2.06 bits per heavy atom. The van der Waals surface area contributed by atoms with Crippen LogP contribution in [0.25, 0.3) is 10.9 Å². The lowest BCUT2D eigenvalue weighted by atomic mass is 10.1. The Labute approximate surface area is 105 Å². The van der Waals surface area contributed by atoms with Crippen LogP contribution in [0.5, 0.6) is 0 Å². The fourth-order valence-electron chi connectivity index (χ4n) is 2.32. The van der Waals surface area contributed by atoms with E-state index in [-0.39, 0.29) is 6.04 Å². The minimum absolute atomic E-state index is 0.0221. The molecule has 2 heterocycles. The van der Waals surface area contributed by atoms with Crippen LogP contribution in [-0.4, -0.2) is 16.8 Å². The maximum Gasteiger partial charge on any atom is 0.126 e. The van der Waals surface area contributed by atoms with Crippen LogP contribution in [0.3, 0.4) is 0 Å². The minimum atomic E-state index is -0.0221. The maximum absolute atomic E-state index is 5.49. The number of fused-ring (bicyclic) bond motifs is 1. The minimum Gasteiger partial charge on any atom is -0.467 e. The third-order valence-electron chi connectivity index (χ3n) is 3.18. The molecule has 1 atom stereocenters. The third kappa shape index (κ3) is 1.62. The van der Waals surface area contributed by atoms with Gasteiger partial charge in [0.1, 0.15) is 11.8 Å². The van der Waals surface area contributed by atoms with E-state index in [1.807, 2.05) is 43.0 Å². The highest BCUT2D eigenvalue weighted by Gasteiger charge is 2.21. The number of para-hydroxylation sites is 1. The van der Waals surface area contributed by atoms with Gasteiger partial charge in [0.25, 0.3) is 0 Å². The van der Waals surface area contributed by atoms with Gasteiger partial charge in [-0.3, -0.25) is 4.68 Å². The molecule has 0 bridgehead atoms. The molecule has 1 aromatic carbocycles. The Bertz CT molecular complexity index is 655. The van der Waals surface area contributed by atoms with Crippen molar-refractivity contribution >= 4 is 10.9 Å². The van der Waals surface area contributed by atoms with Crippen LogP contribution in [0.4, 0.5) is 0 Å². The molecule has 0 amide bonds. The molecular formula is C14H15N3O. The second-order valence-electron chi connectivity index (χ2n) is 4.26. The van der Waals surface area contributed by atoms with E-state index >= 15 is 0 Å². The first-order valence-corrected chi connectivity index (χ1v) is 5.93. The molecule has 92 valence electrons. The number of rotatable bonds is 3. The fourth-order valence-corrected chi connectivity index (χ4v) is 2.32. The third-order valence-corrected chi connectivity index (χ3v) is 3.18. The monoisotopic (exact) mass is 241 g/mol. The van der Waals surface area contributed by atoms with Gasteiger partial charge in [-0.25, -0.2) is 0 Å². The summed E-state index contributed by atoms with van der Waals surface area (Å²) >= 11 is 0. The molecule has 0 aliphatic heterocycles. The topological polar surface area (TPSA) is 43.0 Å². The molecule has 0 saturated carbocycles. The first-order chi connectivity index (χ1) is 8.81. The van der Waals surface area contributed by atoms with E-state index in [0.29, 0.717) is 0 Å². The summed E-state index contributed by atoms with van der Waals surface area (Å²) in [5.41, 5.74) is 2.12. The van der Waals surface area contributed by atoms with Gasteiger partial charge < -0.3 is 9.73 Å². The first-order valence-electron chi connectivity index (χ1n) is 5.93. The Hall–Kier alpha value is -2.07. The van der Waals surface area contributed by atoms with Crippen molar-refractivity contribution in [2.24, 2.45) is 7.05 Å². The van der Waals surface area contributed by atoms with Crippen molar-refractivity contribution in [2.45, 2.75) is 6.04 Å². The van der Waals surface area contributed by atoms with Crippen molar-refractivity contribution in [2.75, 3.05) is 7.05 Å². The lowest BCUT2D eigenvalue weighted by Gasteiger charge is -2.11. The van der Waals surface area contributed by atoms with E-state index in [9.17, 15) is 0 Å². The quantitative estimate of drug-likeness (QED) is 0.766. The van der Waals surface area contributed by atoms with Gasteiger partial charge in [0.05, 0.1) is 17.5 Å². The summed E-state index contributed by atoms with van der Waals surface area (Å²) in [6.45, 7) is 0. The molecule has 18 heavy (non-hydrogen) atoms. The van der Waals surface area contributed by atoms with Crippen molar-refractivity contribution in [3.63, 3.8) is 0 Å². The Kier molecular flexibility index (Phi) is 2.64. The van der Waals surface area contributed by atoms with Crippen LogP contribution in [0, 0.1) is 0 Å². The SMILES string of the molecule is CNC(c1ccco1)c1nn(C)c2ccccc12. The molecule has 0 radical (unpaired) electrons. The van der Waals surface area contributed by atoms with E-state index in [1.54, 1.807) is 6.26 Å². The molecule has 0 aliphatic rings. The number of hydrogen-bond donors (Lipinski definition) is 1. The van der Waals surface area contributed by atoms with Gasteiger partial charge in [-0.1, -0.05) is 18.2 Å². The molecule has 1 N–H and O–H groups in total. The van der Waals surface area contributed by atoms with Gasteiger partial charge >= 0.3 is 0 Å². The van der Waals surface area contributed by atoms with Crippen LogP contribution in [0.2, 0.25) is 0 Å². The van der Waals surface area contributed by atoms with Crippen LogP contribution < -0.4 is 5.32 Å². The maximum atomic E-state index is 5.49. The predicted octanol–water partition coefficient (Wildman–Crippen LogP) is 2.48. The summed E-state index contributed by atoms with van der Waals surface area (Å²) < 4.78 is 7.39. The Morgan fingerprint density at radius 3 is 2.78 bits per heavy atom. The van der Waals surface area contributed by atoms with Crippen molar-refractivity contribution in [1.29, 1.82) is 0 Å². The van der Waals surface area contributed by atoms with Crippen molar-refractivity contribution in [1.82, 2.24) is 15.1 Å². The number of nitrogens with zero attached hydrogens (tertiary/aromatic N) is 2. The number of furan rings is 1. The lowest BCUT2D eigenvalue weighted by Crippen LogP contribution is -2.18. The molecule has 3 aromatic rings. The average molecular weight is 241 g/mol. The van der Waals surface area contributed by atoms with Crippen LogP contribution >= 0.6 is 0 Å². The van der Waals surface area contributed by atoms with Crippen molar-refractivity contribution < 1.29 is 4.42 Å². The highest BCUT2D eigenvalue weighted by atomic mass is 16.3. The average Bonchev–Trinajstić information content (AvgIpc) is 3.01. The smallest absolute Gasteiger partial charge is 0.126 e. The summed E-state index contributed by atoms with van der Waals surface area (Å²) in [4.78, 5) is 0. The molecule has 4 nitrogen and oxygen atoms in total. The largest absolute Gasteiger partial charge is 0.467 e.